The number of aliphatic carboxylic acids is 1. The maximum absolute atomic E-state index is 12.8. The maximum atomic E-state index is 12.8. The molecule has 0 bridgehead atoms. The number of carbonyl (C=O) groups is 2. The fourth-order valence-corrected chi connectivity index (χ4v) is 3.10. The van der Waals surface area contributed by atoms with Crippen LogP contribution in [0.25, 0.3) is 11.1 Å². The molecule has 0 saturated carbocycles. The van der Waals surface area contributed by atoms with Gasteiger partial charge in [0.15, 0.2) is 0 Å². The molecule has 0 aliphatic heterocycles. The van der Waals surface area contributed by atoms with Gasteiger partial charge in [0.2, 0.25) is 0 Å². The van der Waals surface area contributed by atoms with Crippen LogP contribution >= 0.6 is 0 Å². The van der Waals surface area contributed by atoms with Crippen LogP contribution < -0.4 is 10.1 Å². The summed E-state index contributed by atoms with van der Waals surface area (Å²) < 4.78 is 44.3. The molecule has 3 rings (SSSR count). The van der Waals surface area contributed by atoms with Gasteiger partial charge in [-0.25, -0.2) is 0 Å². The summed E-state index contributed by atoms with van der Waals surface area (Å²) in [5, 5.41) is 11.7. The van der Waals surface area contributed by atoms with Crippen molar-refractivity contribution in [2.75, 3.05) is 7.05 Å². The Labute approximate surface area is 182 Å². The summed E-state index contributed by atoms with van der Waals surface area (Å²) in [5.41, 5.74) is 2.04. The second-order valence-corrected chi connectivity index (χ2v) is 7.08. The molecule has 0 aromatic heterocycles. The van der Waals surface area contributed by atoms with Crippen LogP contribution in [-0.2, 0) is 24.0 Å². The van der Waals surface area contributed by atoms with Gasteiger partial charge < -0.3 is 15.2 Å². The third kappa shape index (κ3) is 5.87. The largest absolute Gasteiger partial charge is 0.489 e. The van der Waals surface area contributed by atoms with Gasteiger partial charge in [-0.05, 0) is 58.7 Å². The van der Waals surface area contributed by atoms with Crippen LogP contribution in [0.1, 0.15) is 27.0 Å². The van der Waals surface area contributed by atoms with Crippen molar-refractivity contribution in [3.63, 3.8) is 0 Å². The summed E-state index contributed by atoms with van der Waals surface area (Å²) in [6, 6.07) is 16.3. The zero-order valence-electron chi connectivity index (χ0n) is 17.1. The van der Waals surface area contributed by atoms with E-state index in [0.29, 0.717) is 28.0 Å². The lowest BCUT2D eigenvalue weighted by molar-refractivity contribution is -0.138. The van der Waals surface area contributed by atoms with Crippen LogP contribution in [0.5, 0.6) is 5.75 Å². The first-order valence-electron chi connectivity index (χ1n) is 9.63. The van der Waals surface area contributed by atoms with Crippen LogP contribution in [0.3, 0.4) is 0 Å². The normalized spacial score (nSPS) is 11.1. The van der Waals surface area contributed by atoms with Gasteiger partial charge >= 0.3 is 12.1 Å². The van der Waals surface area contributed by atoms with Gasteiger partial charge in [-0.3, -0.25) is 9.59 Å². The van der Waals surface area contributed by atoms with E-state index >= 15 is 0 Å². The van der Waals surface area contributed by atoms with E-state index in [4.69, 9.17) is 9.84 Å². The van der Waals surface area contributed by atoms with Crippen molar-refractivity contribution in [3.05, 3.63) is 89.0 Å². The number of alkyl halides is 3. The summed E-state index contributed by atoms with van der Waals surface area (Å²) in [4.78, 5) is 22.8. The summed E-state index contributed by atoms with van der Waals surface area (Å²) in [6.45, 7) is 0.164. The molecule has 0 spiro atoms. The van der Waals surface area contributed by atoms with Gasteiger partial charge in [0, 0.05) is 12.6 Å². The summed E-state index contributed by atoms with van der Waals surface area (Å²) in [5.74, 6) is -0.862. The lowest BCUT2D eigenvalue weighted by atomic mass is 10.00. The minimum Gasteiger partial charge on any atom is -0.489 e. The Morgan fingerprint density at radius 3 is 2.12 bits per heavy atom. The zero-order valence-corrected chi connectivity index (χ0v) is 17.1. The number of ether oxygens (including phenoxy) is 1. The van der Waals surface area contributed by atoms with Gasteiger partial charge in [0.05, 0.1) is 12.0 Å². The third-order valence-electron chi connectivity index (χ3n) is 4.72. The molecule has 0 aliphatic carbocycles. The summed E-state index contributed by atoms with van der Waals surface area (Å²) >= 11 is 0. The molecule has 0 radical (unpaired) electrons. The monoisotopic (exact) mass is 443 g/mol. The molecule has 166 valence electrons. The van der Waals surface area contributed by atoms with Crippen molar-refractivity contribution in [2.24, 2.45) is 0 Å². The first kappa shape index (κ1) is 22.9. The number of nitrogens with one attached hydrogen (secondary N) is 1. The quantitative estimate of drug-likeness (QED) is 0.543. The predicted octanol–water partition coefficient (Wildman–Crippen LogP) is 4.94. The first-order chi connectivity index (χ1) is 15.2. The van der Waals surface area contributed by atoms with Crippen LogP contribution in [0.4, 0.5) is 13.2 Å². The maximum Gasteiger partial charge on any atom is 0.416 e. The molecule has 2 N–H and O–H groups in total. The van der Waals surface area contributed by atoms with Crippen LogP contribution in [0, 0.1) is 0 Å². The fraction of sp³-hybridized carbons (Fsp3) is 0.167. The lowest BCUT2D eigenvalue weighted by Crippen LogP contribution is -2.17. The minimum atomic E-state index is -4.44. The Bertz CT molecular complexity index is 1110. The average Bonchev–Trinajstić information content (AvgIpc) is 2.76. The Hall–Kier alpha value is -3.81. The molecule has 0 atom stereocenters. The average molecular weight is 443 g/mol. The van der Waals surface area contributed by atoms with Crippen molar-refractivity contribution < 1.29 is 32.6 Å². The first-order valence-corrected chi connectivity index (χ1v) is 9.63. The second kappa shape index (κ2) is 9.55. The van der Waals surface area contributed by atoms with Gasteiger partial charge in [-0.2, -0.15) is 13.2 Å². The summed E-state index contributed by atoms with van der Waals surface area (Å²) in [6.07, 6.45) is -4.70. The van der Waals surface area contributed by atoms with E-state index in [1.165, 1.54) is 19.2 Å². The Balaban J connectivity index is 1.84. The molecule has 0 unspecified atom stereocenters. The highest BCUT2D eigenvalue weighted by atomic mass is 19.4. The van der Waals surface area contributed by atoms with E-state index in [1.807, 2.05) is 0 Å². The lowest BCUT2D eigenvalue weighted by Gasteiger charge is -2.12. The van der Waals surface area contributed by atoms with E-state index in [9.17, 15) is 22.8 Å². The zero-order chi connectivity index (χ0) is 23.3. The van der Waals surface area contributed by atoms with E-state index in [-0.39, 0.29) is 18.9 Å². The number of rotatable bonds is 7. The Kier molecular flexibility index (Phi) is 6.82. The molecular weight excluding hydrogens is 423 g/mol. The molecule has 8 heteroatoms. The van der Waals surface area contributed by atoms with Gasteiger partial charge in [-0.15, -0.1) is 0 Å². The van der Waals surface area contributed by atoms with E-state index in [1.54, 1.807) is 42.5 Å². The molecule has 0 fully saturated rings. The molecule has 3 aromatic rings. The number of carbonyl (C=O) groups excluding carboxylic acids is 1. The number of benzene rings is 3. The van der Waals surface area contributed by atoms with Crippen molar-refractivity contribution in [1.29, 1.82) is 0 Å². The SMILES string of the molecule is CNC(=O)c1ccc(COc2cc(CC(=O)O)cc(-c3ccc(C(F)(F)F)cc3)c2)cc1. The summed E-state index contributed by atoms with van der Waals surface area (Å²) in [7, 11) is 1.54. The molecule has 0 aliphatic rings. The predicted molar refractivity (Wildman–Crippen MR) is 112 cm³/mol. The number of carboxylic acids is 1. The molecule has 0 saturated heterocycles. The third-order valence-corrected chi connectivity index (χ3v) is 4.72. The highest BCUT2D eigenvalue weighted by Gasteiger charge is 2.30. The van der Waals surface area contributed by atoms with Crippen LogP contribution in [0.15, 0.2) is 66.7 Å². The molecule has 0 heterocycles. The molecule has 32 heavy (non-hydrogen) atoms. The van der Waals surface area contributed by atoms with Gasteiger partial charge in [0.1, 0.15) is 12.4 Å². The highest BCUT2D eigenvalue weighted by molar-refractivity contribution is 5.93. The topological polar surface area (TPSA) is 75.6 Å². The van der Waals surface area contributed by atoms with E-state index < -0.39 is 17.7 Å². The van der Waals surface area contributed by atoms with E-state index in [0.717, 1.165) is 17.7 Å². The number of halogens is 3. The minimum absolute atomic E-state index is 0.164. The van der Waals surface area contributed by atoms with Crippen LogP contribution in [0.2, 0.25) is 0 Å². The smallest absolute Gasteiger partial charge is 0.416 e. The van der Waals surface area contributed by atoms with Gasteiger partial charge in [-0.1, -0.05) is 30.3 Å². The highest BCUT2D eigenvalue weighted by Crippen LogP contribution is 2.32. The Morgan fingerprint density at radius 1 is 0.906 bits per heavy atom. The van der Waals surface area contributed by atoms with Crippen molar-refractivity contribution in [2.45, 2.75) is 19.2 Å². The number of hydrogen-bond acceptors (Lipinski definition) is 3. The second-order valence-electron chi connectivity index (χ2n) is 7.08. The molecule has 3 aromatic carbocycles. The molecule has 5 nitrogen and oxygen atoms in total. The Morgan fingerprint density at radius 2 is 1.56 bits per heavy atom. The van der Waals surface area contributed by atoms with Crippen molar-refractivity contribution in [3.8, 4) is 16.9 Å². The molecular formula is C24H20F3NO4. The van der Waals surface area contributed by atoms with E-state index in [2.05, 4.69) is 5.32 Å². The van der Waals surface area contributed by atoms with Crippen molar-refractivity contribution in [1.82, 2.24) is 5.32 Å². The van der Waals surface area contributed by atoms with Crippen LogP contribution in [-0.4, -0.2) is 24.0 Å². The molecule has 1 amide bonds. The fourth-order valence-electron chi connectivity index (χ4n) is 3.10. The standard InChI is InChI=1S/C24H20F3NO4/c1-28-23(31)18-4-2-15(3-5-18)14-32-21-11-16(12-22(29)30)10-19(13-21)17-6-8-20(9-7-17)24(25,26)27/h2-11,13H,12,14H2,1H3,(H,28,31)(H,29,30). The van der Waals surface area contributed by atoms with Gasteiger partial charge in [0.25, 0.3) is 5.91 Å². The van der Waals surface area contributed by atoms with Crippen molar-refractivity contribution >= 4 is 11.9 Å². The number of hydrogen-bond donors (Lipinski definition) is 2. The number of amides is 1. The number of carboxylic acid groups (broad SMARTS) is 1.